The Kier molecular flexibility index (Phi) is 5.14. The van der Waals surface area contributed by atoms with Gasteiger partial charge in [-0.15, -0.1) is 10.2 Å². The quantitative estimate of drug-likeness (QED) is 0.644. The molecular weight excluding hydrogens is 366 g/mol. The molecular formula is C17H19N7O2S. The van der Waals surface area contributed by atoms with Gasteiger partial charge in [0.05, 0.1) is 6.04 Å². The molecule has 0 saturated carbocycles. The van der Waals surface area contributed by atoms with E-state index < -0.39 is 0 Å². The van der Waals surface area contributed by atoms with Gasteiger partial charge in [0.2, 0.25) is 11.8 Å². The number of carbonyl (C=O) groups excluding carboxylic acids is 1. The van der Waals surface area contributed by atoms with Crippen LogP contribution in [0.3, 0.4) is 0 Å². The van der Waals surface area contributed by atoms with Crippen LogP contribution >= 0.6 is 11.8 Å². The van der Waals surface area contributed by atoms with Crippen molar-refractivity contribution in [3.05, 3.63) is 36.2 Å². The Balaban J connectivity index is 1.31. The minimum atomic E-state index is -0.0332. The van der Waals surface area contributed by atoms with Gasteiger partial charge in [-0.2, -0.15) is 5.10 Å². The maximum absolute atomic E-state index is 12.6. The molecule has 140 valence electrons. The molecule has 0 spiro atoms. The van der Waals surface area contributed by atoms with Gasteiger partial charge in [-0.25, -0.2) is 4.98 Å². The predicted octanol–water partition coefficient (Wildman–Crippen LogP) is 2.40. The molecule has 1 unspecified atom stereocenters. The summed E-state index contributed by atoms with van der Waals surface area (Å²) in [7, 11) is 0. The molecule has 1 aliphatic heterocycles. The van der Waals surface area contributed by atoms with Crippen molar-refractivity contribution in [1.82, 2.24) is 35.3 Å². The van der Waals surface area contributed by atoms with Crippen LogP contribution in [0.1, 0.15) is 37.0 Å². The van der Waals surface area contributed by atoms with Gasteiger partial charge in [0, 0.05) is 36.7 Å². The second-order valence-corrected chi connectivity index (χ2v) is 7.28. The molecule has 27 heavy (non-hydrogen) atoms. The van der Waals surface area contributed by atoms with Crippen LogP contribution in [0.5, 0.6) is 0 Å². The standard InChI is InChI=1S/C17H19N7O2S/c1-11-19-15(21-20-11)13-3-2-9-24(13)14(25)6-10-27-17-23-22-16(26-17)12-4-7-18-8-5-12/h4-5,7-8,13H,2-3,6,9-10H2,1H3,(H,19,20,21). The largest absolute Gasteiger partial charge is 0.411 e. The van der Waals surface area contributed by atoms with Crippen LogP contribution in [0.2, 0.25) is 0 Å². The maximum Gasteiger partial charge on any atom is 0.276 e. The van der Waals surface area contributed by atoms with Gasteiger partial charge >= 0.3 is 0 Å². The van der Waals surface area contributed by atoms with Crippen LogP contribution in [-0.4, -0.2) is 53.5 Å². The molecule has 1 aliphatic rings. The van der Waals surface area contributed by atoms with E-state index in [1.807, 2.05) is 24.0 Å². The zero-order valence-electron chi connectivity index (χ0n) is 14.8. The third kappa shape index (κ3) is 4.00. The molecule has 4 rings (SSSR count). The lowest BCUT2D eigenvalue weighted by Gasteiger charge is -2.22. The van der Waals surface area contributed by atoms with Crippen molar-refractivity contribution in [1.29, 1.82) is 0 Å². The molecule has 1 saturated heterocycles. The third-order valence-corrected chi connectivity index (χ3v) is 5.18. The average Bonchev–Trinajstić information content (AvgIpc) is 3.42. The van der Waals surface area contributed by atoms with E-state index in [1.165, 1.54) is 11.8 Å². The smallest absolute Gasteiger partial charge is 0.276 e. The Bertz CT molecular complexity index is 911. The summed E-state index contributed by atoms with van der Waals surface area (Å²) in [5.74, 6) is 2.59. The molecule has 0 radical (unpaired) electrons. The number of rotatable bonds is 6. The van der Waals surface area contributed by atoms with Gasteiger partial charge in [0.1, 0.15) is 5.82 Å². The molecule has 3 aromatic rings. The Morgan fingerprint density at radius 1 is 1.37 bits per heavy atom. The zero-order chi connectivity index (χ0) is 18.6. The summed E-state index contributed by atoms with van der Waals surface area (Å²) in [5, 5.41) is 15.6. The molecule has 0 aromatic carbocycles. The van der Waals surface area contributed by atoms with Crippen molar-refractivity contribution in [2.45, 2.75) is 37.5 Å². The van der Waals surface area contributed by atoms with Gasteiger partial charge in [0.15, 0.2) is 5.82 Å². The van der Waals surface area contributed by atoms with Crippen molar-refractivity contribution in [3.8, 4) is 11.5 Å². The number of hydrogen-bond donors (Lipinski definition) is 1. The first-order chi connectivity index (χ1) is 13.2. The number of H-pyrrole nitrogens is 1. The van der Waals surface area contributed by atoms with E-state index in [0.717, 1.165) is 30.8 Å². The Labute approximate surface area is 160 Å². The molecule has 10 heteroatoms. The van der Waals surface area contributed by atoms with Crippen molar-refractivity contribution >= 4 is 17.7 Å². The van der Waals surface area contributed by atoms with E-state index in [4.69, 9.17) is 4.42 Å². The fourth-order valence-corrected chi connectivity index (χ4v) is 3.78. The van der Waals surface area contributed by atoms with Crippen LogP contribution in [0.15, 0.2) is 34.2 Å². The van der Waals surface area contributed by atoms with E-state index in [0.29, 0.717) is 29.1 Å². The molecule has 1 atom stereocenters. The number of aromatic nitrogens is 6. The third-order valence-electron chi connectivity index (χ3n) is 4.36. The molecule has 4 heterocycles. The average molecular weight is 385 g/mol. The summed E-state index contributed by atoms with van der Waals surface area (Å²) in [5.41, 5.74) is 0.821. The first kappa shape index (κ1) is 17.7. The molecule has 0 aliphatic carbocycles. The number of carbonyl (C=O) groups is 1. The van der Waals surface area contributed by atoms with Crippen molar-refractivity contribution < 1.29 is 9.21 Å². The number of thioether (sulfide) groups is 1. The number of nitrogens with zero attached hydrogens (tertiary/aromatic N) is 6. The molecule has 3 aromatic heterocycles. The van der Waals surface area contributed by atoms with Crippen molar-refractivity contribution in [3.63, 3.8) is 0 Å². The van der Waals surface area contributed by atoms with E-state index >= 15 is 0 Å². The highest BCUT2D eigenvalue weighted by Crippen LogP contribution is 2.31. The normalized spacial score (nSPS) is 16.8. The van der Waals surface area contributed by atoms with Crippen LogP contribution < -0.4 is 0 Å². The lowest BCUT2D eigenvalue weighted by Crippen LogP contribution is -2.31. The summed E-state index contributed by atoms with van der Waals surface area (Å²) in [6.45, 7) is 2.60. The Hall–Kier alpha value is -2.75. The highest BCUT2D eigenvalue weighted by Gasteiger charge is 2.32. The lowest BCUT2D eigenvalue weighted by atomic mass is 10.2. The van der Waals surface area contributed by atoms with Gasteiger partial charge < -0.3 is 9.32 Å². The second kappa shape index (κ2) is 7.87. The topological polar surface area (TPSA) is 114 Å². The van der Waals surface area contributed by atoms with E-state index in [2.05, 4.69) is 30.4 Å². The highest BCUT2D eigenvalue weighted by molar-refractivity contribution is 7.99. The van der Waals surface area contributed by atoms with Crippen LogP contribution in [0.4, 0.5) is 0 Å². The van der Waals surface area contributed by atoms with Gasteiger partial charge in [-0.05, 0) is 31.9 Å². The Morgan fingerprint density at radius 2 is 2.22 bits per heavy atom. The van der Waals surface area contributed by atoms with Crippen molar-refractivity contribution in [2.24, 2.45) is 0 Å². The number of amides is 1. The minimum Gasteiger partial charge on any atom is -0.411 e. The number of aromatic amines is 1. The van der Waals surface area contributed by atoms with Gasteiger partial charge in [0.25, 0.3) is 5.22 Å². The fourth-order valence-electron chi connectivity index (χ4n) is 3.09. The second-order valence-electron chi connectivity index (χ2n) is 6.23. The maximum atomic E-state index is 12.6. The SMILES string of the molecule is Cc1nc(C2CCCN2C(=O)CCSc2nnc(-c3ccncc3)o2)n[nH]1. The van der Waals surface area contributed by atoms with Crippen LogP contribution in [0, 0.1) is 6.92 Å². The zero-order valence-corrected chi connectivity index (χ0v) is 15.6. The monoisotopic (exact) mass is 385 g/mol. The molecule has 0 bridgehead atoms. The number of likely N-dealkylation sites (tertiary alicyclic amines) is 1. The first-order valence-corrected chi connectivity index (χ1v) is 9.74. The van der Waals surface area contributed by atoms with Gasteiger partial charge in [-0.1, -0.05) is 11.8 Å². The minimum absolute atomic E-state index is 0.0332. The number of pyridine rings is 1. The summed E-state index contributed by atoms with van der Waals surface area (Å²) in [6, 6.07) is 3.59. The lowest BCUT2D eigenvalue weighted by molar-refractivity contribution is -0.131. The molecule has 1 N–H and O–H groups in total. The van der Waals surface area contributed by atoms with Gasteiger partial charge in [-0.3, -0.25) is 14.9 Å². The predicted molar refractivity (Wildman–Crippen MR) is 97.7 cm³/mol. The molecule has 1 fully saturated rings. The first-order valence-electron chi connectivity index (χ1n) is 8.76. The highest BCUT2D eigenvalue weighted by atomic mass is 32.2. The fraction of sp³-hybridized carbons (Fsp3) is 0.412. The van der Waals surface area contributed by atoms with E-state index in [9.17, 15) is 4.79 Å². The van der Waals surface area contributed by atoms with E-state index in [1.54, 1.807) is 12.4 Å². The van der Waals surface area contributed by atoms with Crippen molar-refractivity contribution in [2.75, 3.05) is 12.3 Å². The van der Waals surface area contributed by atoms with Crippen LogP contribution in [-0.2, 0) is 4.79 Å². The van der Waals surface area contributed by atoms with Crippen LogP contribution in [0.25, 0.3) is 11.5 Å². The molecule has 1 amide bonds. The number of hydrogen-bond acceptors (Lipinski definition) is 8. The Morgan fingerprint density at radius 3 is 3.00 bits per heavy atom. The summed E-state index contributed by atoms with van der Waals surface area (Å²) in [6.07, 6.45) is 5.61. The summed E-state index contributed by atoms with van der Waals surface area (Å²) < 4.78 is 5.63. The number of aryl methyl sites for hydroxylation is 1. The summed E-state index contributed by atoms with van der Waals surface area (Å²) in [4.78, 5) is 22.8. The number of nitrogens with one attached hydrogen (secondary N) is 1. The summed E-state index contributed by atoms with van der Waals surface area (Å²) >= 11 is 1.38. The van der Waals surface area contributed by atoms with E-state index in [-0.39, 0.29) is 11.9 Å². The molecule has 9 nitrogen and oxygen atoms in total.